The van der Waals surface area contributed by atoms with E-state index < -0.39 is 5.54 Å². The van der Waals surface area contributed by atoms with Crippen LogP contribution in [0.15, 0.2) is 0 Å². The van der Waals surface area contributed by atoms with E-state index in [1.165, 1.54) is 6.42 Å². The summed E-state index contributed by atoms with van der Waals surface area (Å²) in [5, 5.41) is 12.4. The Morgan fingerprint density at radius 3 is 2.47 bits per heavy atom. The lowest BCUT2D eigenvalue weighted by Crippen LogP contribution is -2.50. The second-order valence-corrected chi connectivity index (χ2v) is 5.85. The van der Waals surface area contributed by atoms with Crippen LogP contribution in [-0.2, 0) is 4.79 Å². The summed E-state index contributed by atoms with van der Waals surface area (Å²) in [7, 11) is 0. The number of carbonyl (C=O) groups is 1. The molecule has 0 spiro atoms. The summed E-state index contributed by atoms with van der Waals surface area (Å²) >= 11 is 0. The van der Waals surface area contributed by atoms with Crippen LogP contribution < -0.4 is 5.32 Å². The van der Waals surface area contributed by atoms with E-state index in [1.54, 1.807) is 0 Å². The fraction of sp³-hybridized carbons (Fsp3) is 0.857. The van der Waals surface area contributed by atoms with Crippen LogP contribution in [0.2, 0.25) is 0 Å². The van der Waals surface area contributed by atoms with Gasteiger partial charge in [-0.15, -0.1) is 0 Å². The summed E-state index contributed by atoms with van der Waals surface area (Å²) in [5.41, 5.74) is -0.564. The van der Waals surface area contributed by atoms with E-state index in [2.05, 4.69) is 25.2 Å². The highest BCUT2D eigenvalue weighted by Gasteiger charge is 2.44. The van der Waals surface area contributed by atoms with Crippen LogP contribution >= 0.6 is 0 Å². The molecule has 1 amide bonds. The smallest absolute Gasteiger partial charge is 0.224 e. The van der Waals surface area contributed by atoms with Gasteiger partial charge in [0.15, 0.2) is 0 Å². The van der Waals surface area contributed by atoms with Crippen molar-refractivity contribution in [3.63, 3.8) is 0 Å². The summed E-state index contributed by atoms with van der Waals surface area (Å²) in [4.78, 5) is 11.9. The van der Waals surface area contributed by atoms with Gasteiger partial charge < -0.3 is 5.32 Å². The molecule has 2 fully saturated rings. The molecular formula is C14H22N2O. The molecule has 0 aromatic heterocycles. The Kier molecular flexibility index (Phi) is 3.42. The van der Waals surface area contributed by atoms with Gasteiger partial charge in [-0.3, -0.25) is 4.79 Å². The van der Waals surface area contributed by atoms with Gasteiger partial charge in [0.1, 0.15) is 5.54 Å². The number of nitriles is 1. The minimum atomic E-state index is -0.564. The average molecular weight is 234 g/mol. The lowest BCUT2D eigenvalue weighted by molar-refractivity contribution is -0.124. The van der Waals surface area contributed by atoms with Crippen molar-refractivity contribution in [3.05, 3.63) is 0 Å². The number of hydrogen-bond acceptors (Lipinski definition) is 2. The van der Waals surface area contributed by atoms with Crippen molar-refractivity contribution >= 4 is 5.91 Å². The molecule has 3 heteroatoms. The Labute approximate surface area is 104 Å². The number of nitrogens with one attached hydrogen (secondary N) is 1. The Balaban J connectivity index is 1.92. The fourth-order valence-corrected chi connectivity index (χ4v) is 2.86. The zero-order chi connectivity index (χ0) is 12.5. The topological polar surface area (TPSA) is 52.9 Å². The molecule has 0 aromatic carbocycles. The van der Waals surface area contributed by atoms with Crippen LogP contribution in [0.4, 0.5) is 0 Å². The van der Waals surface area contributed by atoms with Gasteiger partial charge in [0.25, 0.3) is 0 Å². The number of nitrogens with zero attached hydrogens (tertiary/aromatic N) is 1. The summed E-state index contributed by atoms with van der Waals surface area (Å²) in [6.07, 6.45) is 5.98. The minimum Gasteiger partial charge on any atom is -0.338 e. The molecule has 94 valence electrons. The molecule has 2 rings (SSSR count). The van der Waals surface area contributed by atoms with Crippen LogP contribution in [-0.4, -0.2) is 11.4 Å². The zero-order valence-corrected chi connectivity index (χ0v) is 10.8. The lowest BCUT2D eigenvalue weighted by Gasteiger charge is -2.35. The van der Waals surface area contributed by atoms with Crippen molar-refractivity contribution in [3.8, 4) is 6.07 Å². The van der Waals surface area contributed by atoms with Gasteiger partial charge in [-0.2, -0.15) is 5.26 Å². The van der Waals surface area contributed by atoms with Crippen molar-refractivity contribution in [2.24, 2.45) is 17.8 Å². The van der Waals surface area contributed by atoms with Crippen LogP contribution in [0.1, 0.15) is 52.4 Å². The first-order valence-electron chi connectivity index (χ1n) is 6.83. The zero-order valence-electron chi connectivity index (χ0n) is 10.8. The van der Waals surface area contributed by atoms with Crippen molar-refractivity contribution in [1.29, 1.82) is 5.26 Å². The van der Waals surface area contributed by atoms with Gasteiger partial charge in [0, 0.05) is 5.92 Å². The summed E-state index contributed by atoms with van der Waals surface area (Å²) in [6.45, 7) is 4.30. The lowest BCUT2D eigenvalue weighted by atomic mass is 9.76. The molecule has 0 bridgehead atoms. The molecule has 0 aliphatic heterocycles. The van der Waals surface area contributed by atoms with Gasteiger partial charge in [0.2, 0.25) is 5.91 Å². The van der Waals surface area contributed by atoms with Gasteiger partial charge in [0.05, 0.1) is 6.07 Å². The Hall–Kier alpha value is -1.04. The monoisotopic (exact) mass is 234 g/mol. The van der Waals surface area contributed by atoms with Gasteiger partial charge >= 0.3 is 0 Å². The maximum absolute atomic E-state index is 11.9. The second-order valence-electron chi connectivity index (χ2n) is 5.85. The third-order valence-corrected chi connectivity index (χ3v) is 4.56. The van der Waals surface area contributed by atoms with Crippen molar-refractivity contribution < 1.29 is 4.79 Å². The second kappa shape index (κ2) is 4.68. The molecular weight excluding hydrogens is 212 g/mol. The molecule has 2 unspecified atom stereocenters. The first-order chi connectivity index (χ1) is 8.10. The molecule has 2 atom stereocenters. The van der Waals surface area contributed by atoms with E-state index in [1.807, 2.05) is 0 Å². The largest absolute Gasteiger partial charge is 0.338 e. The first-order valence-corrected chi connectivity index (χ1v) is 6.83. The highest BCUT2D eigenvalue weighted by atomic mass is 16.2. The summed E-state index contributed by atoms with van der Waals surface area (Å²) in [6, 6.07) is 2.36. The Bertz CT molecular complexity index is 337. The quantitative estimate of drug-likeness (QED) is 0.816. The summed E-state index contributed by atoms with van der Waals surface area (Å²) < 4.78 is 0. The van der Waals surface area contributed by atoms with E-state index in [4.69, 9.17) is 0 Å². The van der Waals surface area contributed by atoms with E-state index in [0.29, 0.717) is 5.92 Å². The van der Waals surface area contributed by atoms with Crippen molar-refractivity contribution in [2.75, 3.05) is 0 Å². The third kappa shape index (κ3) is 2.62. The number of hydrogen-bond donors (Lipinski definition) is 1. The third-order valence-electron chi connectivity index (χ3n) is 4.56. The molecule has 2 aliphatic rings. The standard InChI is InChI=1S/C14H22N2O/c1-3-11-4-6-14(9-15,7-5-11)16-13(17)12-8-10(12)2/h10-12H,3-8H2,1-2H3,(H,16,17). The molecule has 0 radical (unpaired) electrons. The van der Waals surface area contributed by atoms with E-state index >= 15 is 0 Å². The fourth-order valence-electron chi connectivity index (χ4n) is 2.86. The normalized spacial score (nSPS) is 40.4. The minimum absolute atomic E-state index is 0.106. The number of rotatable bonds is 3. The maximum Gasteiger partial charge on any atom is 0.224 e. The molecule has 3 nitrogen and oxygen atoms in total. The van der Waals surface area contributed by atoms with Crippen LogP contribution in [0.25, 0.3) is 0 Å². The highest BCUT2D eigenvalue weighted by molar-refractivity contribution is 5.82. The van der Waals surface area contributed by atoms with E-state index in [0.717, 1.165) is 38.0 Å². The van der Waals surface area contributed by atoms with E-state index in [9.17, 15) is 10.1 Å². The van der Waals surface area contributed by atoms with Gasteiger partial charge in [-0.05, 0) is 43.9 Å². The highest BCUT2D eigenvalue weighted by Crippen LogP contribution is 2.39. The van der Waals surface area contributed by atoms with Gasteiger partial charge in [-0.25, -0.2) is 0 Å². The predicted molar refractivity (Wildman–Crippen MR) is 66.0 cm³/mol. The Morgan fingerprint density at radius 1 is 1.47 bits per heavy atom. The molecule has 0 heterocycles. The van der Waals surface area contributed by atoms with Crippen LogP contribution in [0.5, 0.6) is 0 Å². The van der Waals surface area contributed by atoms with Crippen LogP contribution in [0.3, 0.4) is 0 Å². The molecule has 2 aliphatic carbocycles. The Morgan fingerprint density at radius 2 is 2.06 bits per heavy atom. The van der Waals surface area contributed by atoms with Crippen LogP contribution in [0, 0.1) is 29.1 Å². The van der Waals surface area contributed by atoms with Crippen molar-refractivity contribution in [1.82, 2.24) is 5.32 Å². The number of carbonyl (C=O) groups excluding carboxylic acids is 1. The molecule has 2 saturated carbocycles. The average Bonchev–Trinajstić information content (AvgIpc) is 3.07. The van der Waals surface area contributed by atoms with Gasteiger partial charge in [-0.1, -0.05) is 20.3 Å². The SMILES string of the molecule is CCC1CCC(C#N)(NC(=O)C2CC2C)CC1. The molecule has 0 saturated heterocycles. The molecule has 17 heavy (non-hydrogen) atoms. The first kappa shape index (κ1) is 12.4. The van der Waals surface area contributed by atoms with E-state index in [-0.39, 0.29) is 11.8 Å². The number of amides is 1. The summed E-state index contributed by atoms with van der Waals surface area (Å²) in [5.74, 6) is 1.53. The van der Waals surface area contributed by atoms with Crippen molar-refractivity contribution in [2.45, 2.75) is 57.9 Å². The molecule has 1 N–H and O–H groups in total. The molecule has 0 aromatic rings. The predicted octanol–water partition coefficient (Wildman–Crippen LogP) is 2.62. The maximum atomic E-state index is 11.9.